The van der Waals surface area contributed by atoms with Gasteiger partial charge >= 0.3 is 0 Å². The Hall–Kier alpha value is -4.32. The summed E-state index contributed by atoms with van der Waals surface area (Å²) in [4.78, 5) is 25.9. The molecule has 2 amide bonds. The molecule has 0 saturated carbocycles. The van der Waals surface area contributed by atoms with Crippen LogP contribution in [0.15, 0.2) is 84.9 Å². The Kier molecular flexibility index (Phi) is 8.64. The van der Waals surface area contributed by atoms with Crippen LogP contribution in [0.5, 0.6) is 11.5 Å². The van der Waals surface area contributed by atoms with Gasteiger partial charge in [-0.3, -0.25) is 9.59 Å². The summed E-state index contributed by atoms with van der Waals surface area (Å²) < 4.78 is 11.7. The van der Waals surface area contributed by atoms with Crippen LogP contribution in [-0.2, 0) is 22.4 Å². The standard InChI is InChI=1S/C32H34N2O4/c1-5-23-13-17-25(18-14-23)37-21(3)31(35)33-29-11-7-10-28-27(29)9-8-12-30(28)34-32(36)22(4)38-26-19-15-24(6-2)16-20-26/h7-22H,5-6H2,1-4H3,(H,33,35)(H,34,36). The molecule has 0 heterocycles. The molecule has 2 N–H and O–H groups in total. The van der Waals surface area contributed by atoms with Gasteiger partial charge in [0.1, 0.15) is 11.5 Å². The van der Waals surface area contributed by atoms with Crippen molar-refractivity contribution in [1.82, 2.24) is 0 Å². The lowest BCUT2D eigenvalue weighted by molar-refractivity contribution is -0.122. The van der Waals surface area contributed by atoms with Gasteiger partial charge in [-0.1, -0.05) is 62.4 Å². The molecule has 6 nitrogen and oxygen atoms in total. The summed E-state index contributed by atoms with van der Waals surface area (Å²) in [5.74, 6) is 0.765. The fourth-order valence-corrected chi connectivity index (χ4v) is 4.12. The zero-order valence-corrected chi connectivity index (χ0v) is 22.3. The number of carbonyl (C=O) groups excluding carboxylic acids is 2. The summed E-state index contributed by atoms with van der Waals surface area (Å²) >= 11 is 0. The van der Waals surface area contributed by atoms with Crippen molar-refractivity contribution in [2.45, 2.75) is 52.7 Å². The summed E-state index contributed by atoms with van der Waals surface area (Å²) in [5, 5.41) is 7.56. The molecule has 4 rings (SSSR count). The average Bonchev–Trinajstić information content (AvgIpc) is 2.94. The first-order valence-electron chi connectivity index (χ1n) is 13.0. The van der Waals surface area contributed by atoms with E-state index in [1.807, 2.05) is 84.9 Å². The van der Waals surface area contributed by atoms with Crippen LogP contribution in [0.25, 0.3) is 10.8 Å². The Labute approximate surface area is 224 Å². The smallest absolute Gasteiger partial charge is 0.265 e. The molecule has 4 aromatic carbocycles. The van der Waals surface area contributed by atoms with Crippen molar-refractivity contribution in [2.24, 2.45) is 0 Å². The van der Waals surface area contributed by atoms with E-state index in [9.17, 15) is 9.59 Å². The summed E-state index contributed by atoms with van der Waals surface area (Å²) in [7, 11) is 0. The molecular weight excluding hydrogens is 476 g/mol. The number of hydrogen-bond acceptors (Lipinski definition) is 4. The molecule has 0 aliphatic carbocycles. The average molecular weight is 511 g/mol. The zero-order valence-electron chi connectivity index (χ0n) is 22.3. The first kappa shape index (κ1) is 26.7. The van der Waals surface area contributed by atoms with E-state index in [4.69, 9.17) is 9.47 Å². The van der Waals surface area contributed by atoms with Crippen LogP contribution >= 0.6 is 0 Å². The van der Waals surface area contributed by atoms with Crippen molar-refractivity contribution >= 4 is 34.0 Å². The third kappa shape index (κ3) is 6.51. The molecule has 6 heteroatoms. The number of anilines is 2. The van der Waals surface area contributed by atoms with Crippen molar-refractivity contribution in [3.05, 3.63) is 96.1 Å². The van der Waals surface area contributed by atoms with E-state index in [0.717, 1.165) is 23.6 Å². The molecule has 2 atom stereocenters. The number of fused-ring (bicyclic) bond motifs is 1. The molecule has 0 bridgehead atoms. The van der Waals surface area contributed by atoms with Crippen molar-refractivity contribution < 1.29 is 19.1 Å². The van der Waals surface area contributed by atoms with Crippen LogP contribution in [0.2, 0.25) is 0 Å². The second-order valence-electron chi connectivity index (χ2n) is 9.20. The van der Waals surface area contributed by atoms with Crippen molar-refractivity contribution in [1.29, 1.82) is 0 Å². The number of aryl methyl sites for hydroxylation is 2. The second-order valence-corrected chi connectivity index (χ2v) is 9.20. The van der Waals surface area contributed by atoms with Gasteiger partial charge in [-0.25, -0.2) is 0 Å². The van der Waals surface area contributed by atoms with E-state index in [-0.39, 0.29) is 11.8 Å². The van der Waals surface area contributed by atoms with Gasteiger partial charge in [0, 0.05) is 22.1 Å². The van der Waals surface area contributed by atoms with Gasteiger partial charge in [-0.05, 0) is 74.2 Å². The number of hydrogen-bond donors (Lipinski definition) is 2. The maximum absolute atomic E-state index is 12.9. The number of benzene rings is 4. The summed E-state index contributed by atoms with van der Waals surface area (Å²) in [6.07, 6.45) is 0.507. The molecule has 0 radical (unpaired) electrons. The minimum atomic E-state index is -0.690. The lowest BCUT2D eigenvalue weighted by Crippen LogP contribution is -2.30. The molecule has 4 aromatic rings. The van der Waals surface area contributed by atoms with Gasteiger partial charge in [0.15, 0.2) is 12.2 Å². The van der Waals surface area contributed by atoms with Crippen molar-refractivity contribution in [2.75, 3.05) is 10.6 Å². The van der Waals surface area contributed by atoms with Crippen LogP contribution in [0.1, 0.15) is 38.8 Å². The first-order valence-corrected chi connectivity index (χ1v) is 13.0. The fraction of sp³-hybridized carbons (Fsp3) is 0.250. The molecule has 0 aliphatic rings. The molecule has 0 spiro atoms. The topological polar surface area (TPSA) is 76.7 Å². The Bertz CT molecular complexity index is 1290. The molecule has 0 aromatic heterocycles. The lowest BCUT2D eigenvalue weighted by atomic mass is 10.1. The van der Waals surface area contributed by atoms with E-state index in [2.05, 4.69) is 24.5 Å². The van der Waals surface area contributed by atoms with E-state index in [1.54, 1.807) is 13.8 Å². The normalized spacial score (nSPS) is 12.4. The third-order valence-corrected chi connectivity index (χ3v) is 6.47. The maximum Gasteiger partial charge on any atom is 0.265 e. The summed E-state index contributed by atoms with van der Waals surface area (Å²) in [5.41, 5.74) is 3.70. The highest BCUT2D eigenvalue weighted by atomic mass is 16.5. The molecule has 0 aliphatic heterocycles. The Morgan fingerprint density at radius 3 is 1.32 bits per heavy atom. The molecule has 38 heavy (non-hydrogen) atoms. The number of amides is 2. The first-order chi connectivity index (χ1) is 18.4. The van der Waals surface area contributed by atoms with Gasteiger partial charge in [-0.2, -0.15) is 0 Å². The molecule has 0 fully saturated rings. The highest BCUT2D eigenvalue weighted by molar-refractivity contribution is 6.10. The van der Waals surface area contributed by atoms with Gasteiger partial charge in [0.05, 0.1) is 0 Å². The fourth-order valence-electron chi connectivity index (χ4n) is 4.12. The lowest BCUT2D eigenvalue weighted by Gasteiger charge is -2.18. The number of carbonyl (C=O) groups is 2. The van der Waals surface area contributed by atoms with Crippen LogP contribution in [0.4, 0.5) is 11.4 Å². The van der Waals surface area contributed by atoms with Gasteiger partial charge < -0.3 is 20.1 Å². The minimum Gasteiger partial charge on any atom is -0.481 e. The van der Waals surface area contributed by atoms with Gasteiger partial charge in [0.2, 0.25) is 0 Å². The Balaban J connectivity index is 1.44. The Morgan fingerprint density at radius 1 is 0.605 bits per heavy atom. The number of rotatable bonds is 10. The summed E-state index contributed by atoms with van der Waals surface area (Å²) in [6.45, 7) is 7.62. The largest absolute Gasteiger partial charge is 0.481 e. The van der Waals surface area contributed by atoms with Crippen LogP contribution in [-0.4, -0.2) is 24.0 Å². The predicted molar refractivity (Wildman–Crippen MR) is 153 cm³/mol. The predicted octanol–water partition coefficient (Wildman–Crippen LogP) is 6.78. The molecule has 2 unspecified atom stereocenters. The highest BCUT2D eigenvalue weighted by Gasteiger charge is 2.19. The minimum absolute atomic E-state index is 0.261. The van der Waals surface area contributed by atoms with Crippen LogP contribution in [0.3, 0.4) is 0 Å². The van der Waals surface area contributed by atoms with E-state index >= 15 is 0 Å². The van der Waals surface area contributed by atoms with E-state index in [0.29, 0.717) is 22.9 Å². The van der Waals surface area contributed by atoms with E-state index in [1.165, 1.54) is 11.1 Å². The van der Waals surface area contributed by atoms with Crippen molar-refractivity contribution in [3.63, 3.8) is 0 Å². The SMILES string of the molecule is CCc1ccc(OC(C)C(=O)Nc2cccc3c(NC(=O)C(C)Oc4ccc(CC)cc4)cccc23)cc1. The van der Waals surface area contributed by atoms with Gasteiger partial charge in [0.25, 0.3) is 11.8 Å². The highest BCUT2D eigenvalue weighted by Crippen LogP contribution is 2.30. The monoisotopic (exact) mass is 510 g/mol. The van der Waals surface area contributed by atoms with Crippen LogP contribution < -0.4 is 20.1 Å². The number of ether oxygens (including phenoxy) is 2. The molecule has 196 valence electrons. The van der Waals surface area contributed by atoms with E-state index < -0.39 is 12.2 Å². The summed E-state index contributed by atoms with van der Waals surface area (Å²) in [6, 6.07) is 26.7. The molecule has 0 saturated heterocycles. The van der Waals surface area contributed by atoms with Crippen LogP contribution in [0, 0.1) is 0 Å². The quantitative estimate of drug-likeness (QED) is 0.247. The number of nitrogens with one attached hydrogen (secondary N) is 2. The zero-order chi connectivity index (χ0) is 27.1. The Morgan fingerprint density at radius 2 is 0.974 bits per heavy atom. The molecular formula is C32H34N2O4. The van der Waals surface area contributed by atoms with Crippen molar-refractivity contribution in [3.8, 4) is 11.5 Å². The third-order valence-electron chi connectivity index (χ3n) is 6.47. The van der Waals surface area contributed by atoms with Gasteiger partial charge in [-0.15, -0.1) is 0 Å². The maximum atomic E-state index is 12.9. The second kappa shape index (κ2) is 12.3.